The van der Waals surface area contributed by atoms with Crippen LogP contribution in [0.1, 0.15) is 58.8 Å². The Labute approximate surface area is 111 Å². The lowest BCUT2D eigenvalue weighted by Crippen LogP contribution is -2.48. The molecule has 0 amide bonds. The van der Waals surface area contributed by atoms with Crippen molar-refractivity contribution < 1.29 is 4.74 Å². The predicted octanol–water partition coefficient (Wildman–Crippen LogP) is 3.01. The van der Waals surface area contributed by atoms with Gasteiger partial charge in [0.1, 0.15) is 5.54 Å². The van der Waals surface area contributed by atoms with Crippen LogP contribution in [-0.4, -0.2) is 24.3 Å². The maximum Gasteiger partial charge on any atom is 0.127 e. The first kappa shape index (κ1) is 13.8. The molecule has 0 aromatic carbocycles. The number of ether oxygens (including phenoxy) is 1. The second-order valence-electron chi connectivity index (χ2n) is 6.16. The number of nitriles is 1. The maximum absolute atomic E-state index is 9.32. The molecule has 2 saturated carbocycles. The molecule has 0 aliphatic heterocycles. The topological polar surface area (TPSA) is 45.0 Å². The zero-order valence-corrected chi connectivity index (χ0v) is 11.7. The summed E-state index contributed by atoms with van der Waals surface area (Å²) in [6, 6.07) is 2.93. The molecule has 0 bridgehead atoms. The monoisotopic (exact) mass is 250 g/mol. The molecule has 0 heterocycles. The average Bonchev–Trinajstić information content (AvgIpc) is 3.20. The lowest BCUT2D eigenvalue weighted by Gasteiger charge is -2.33. The summed E-state index contributed by atoms with van der Waals surface area (Å²) in [5.41, 5.74) is -0.503. The van der Waals surface area contributed by atoms with E-state index in [1.165, 1.54) is 44.9 Å². The maximum atomic E-state index is 9.32. The second-order valence-corrected chi connectivity index (χ2v) is 6.16. The minimum atomic E-state index is -0.503. The van der Waals surface area contributed by atoms with Crippen LogP contribution in [0.15, 0.2) is 0 Å². The fourth-order valence-electron chi connectivity index (χ4n) is 2.92. The summed E-state index contributed by atoms with van der Waals surface area (Å²) in [6.07, 6.45) is 9.07. The molecular formula is C15H26N2O. The number of hydrogen-bond acceptors (Lipinski definition) is 3. The van der Waals surface area contributed by atoms with Crippen LogP contribution in [0.4, 0.5) is 0 Å². The highest BCUT2D eigenvalue weighted by Crippen LogP contribution is 2.30. The molecule has 1 N–H and O–H groups in total. The van der Waals surface area contributed by atoms with E-state index in [9.17, 15) is 5.26 Å². The zero-order valence-electron chi connectivity index (χ0n) is 11.7. The summed E-state index contributed by atoms with van der Waals surface area (Å²) in [4.78, 5) is 0. The highest BCUT2D eigenvalue weighted by Gasteiger charge is 2.34. The van der Waals surface area contributed by atoms with Gasteiger partial charge in [0.25, 0.3) is 0 Å². The molecule has 18 heavy (non-hydrogen) atoms. The summed E-state index contributed by atoms with van der Waals surface area (Å²) < 4.78 is 6.09. The van der Waals surface area contributed by atoms with Crippen molar-refractivity contribution in [2.75, 3.05) is 6.61 Å². The Morgan fingerprint density at radius 3 is 2.61 bits per heavy atom. The van der Waals surface area contributed by atoms with Crippen molar-refractivity contribution in [3.63, 3.8) is 0 Å². The summed E-state index contributed by atoms with van der Waals surface area (Å²) in [6.45, 7) is 4.74. The van der Waals surface area contributed by atoms with Crippen LogP contribution >= 0.6 is 0 Å². The first-order valence-electron chi connectivity index (χ1n) is 7.47. The van der Waals surface area contributed by atoms with Gasteiger partial charge in [-0.05, 0) is 38.5 Å². The third-order valence-corrected chi connectivity index (χ3v) is 4.30. The van der Waals surface area contributed by atoms with Gasteiger partial charge in [-0.1, -0.05) is 26.2 Å². The summed E-state index contributed by atoms with van der Waals surface area (Å²) in [5, 5.41) is 12.7. The first-order valence-corrected chi connectivity index (χ1v) is 7.47. The Hall–Kier alpha value is -0.590. The third kappa shape index (κ3) is 3.70. The van der Waals surface area contributed by atoms with Gasteiger partial charge in [-0.15, -0.1) is 0 Å². The molecule has 102 valence electrons. The highest BCUT2D eigenvalue weighted by molar-refractivity contribution is 5.07. The molecule has 2 aliphatic rings. The fourth-order valence-corrected chi connectivity index (χ4v) is 2.92. The van der Waals surface area contributed by atoms with E-state index in [1.54, 1.807) is 0 Å². The molecule has 0 saturated heterocycles. The Kier molecular flexibility index (Phi) is 4.64. The Balaban J connectivity index is 1.82. The highest BCUT2D eigenvalue weighted by atomic mass is 16.5. The number of nitrogens with zero attached hydrogens (tertiary/aromatic N) is 1. The van der Waals surface area contributed by atoms with Gasteiger partial charge in [0.2, 0.25) is 0 Å². The van der Waals surface area contributed by atoms with Crippen LogP contribution in [0.5, 0.6) is 0 Å². The van der Waals surface area contributed by atoms with E-state index in [1.807, 2.05) is 6.92 Å². The molecule has 0 aromatic rings. The molecule has 2 aliphatic carbocycles. The van der Waals surface area contributed by atoms with Crippen molar-refractivity contribution in [3.05, 3.63) is 0 Å². The van der Waals surface area contributed by atoms with E-state index >= 15 is 0 Å². The van der Waals surface area contributed by atoms with Crippen molar-refractivity contribution in [2.45, 2.75) is 76.5 Å². The Morgan fingerprint density at radius 2 is 2.00 bits per heavy atom. The third-order valence-electron chi connectivity index (χ3n) is 4.30. The molecular weight excluding hydrogens is 224 g/mol. The molecule has 2 rings (SSSR count). The SMILES string of the molecule is CCC1CCCCC1OCC(C)(C#N)NC1CC1. The van der Waals surface area contributed by atoms with Crippen molar-refractivity contribution >= 4 is 0 Å². The van der Waals surface area contributed by atoms with Crippen molar-refractivity contribution in [1.29, 1.82) is 5.26 Å². The molecule has 2 fully saturated rings. The van der Waals surface area contributed by atoms with Gasteiger partial charge in [-0.3, -0.25) is 5.32 Å². The quantitative estimate of drug-likeness (QED) is 0.788. The largest absolute Gasteiger partial charge is 0.375 e. The summed E-state index contributed by atoms with van der Waals surface area (Å²) >= 11 is 0. The first-order chi connectivity index (χ1) is 8.67. The molecule has 3 heteroatoms. The number of rotatable bonds is 6. The van der Waals surface area contributed by atoms with E-state index in [-0.39, 0.29) is 0 Å². The molecule has 3 unspecified atom stereocenters. The number of nitrogens with one attached hydrogen (secondary N) is 1. The van der Waals surface area contributed by atoms with Crippen LogP contribution in [0, 0.1) is 17.2 Å². The van der Waals surface area contributed by atoms with Crippen molar-refractivity contribution in [2.24, 2.45) is 5.92 Å². The Morgan fingerprint density at radius 1 is 1.28 bits per heavy atom. The molecule has 3 nitrogen and oxygen atoms in total. The lowest BCUT2D eigenvalue weighted by atomic mass is 9.84. The minimum absolute atomic E-state index is 0.373. The van der Waals surface area contributed by atoms with E-state index < -0.39 is 5.54 Å². The second kappa shape index (κ2) is 6.04. The van der Waals surface area contributed by atoms with E-state index in [0.29, 0.717) is 24.7 Å². The van der Waals surface area contributed by atoms with E-state index in [0.717, 1.165) is 0 Å². The minimum Gasteiger partial charge on any atom is -0.375 e. The molecule has 0 spiro atoms. The number of hydrogen-bond donors (Lipinski definition) is 1. The summed E-state index contributed by atoms with van der Waals surface area (Å²) in [5.74, 6) is 0.697. The average molecular weight is 250 g/mol. The summed E-state index contributed by atoms with van der Waals surface area (Å²) in [7, 11) is 0. The zero-order chi connectivity index (χ0) is 13.0. The normalized spacial score (nSPS) is 31.6. The van der Waals surface area contributed by atoms with Gasteiger partial charge in [0.05, 0.1) is 18.8 Å². The fraction of sp³-hybridized carbons (Fsp3) is 0.933. The van der Waals surface area contributed by atoms with Crippen LogP contribution in [0.3, 0.4) is 0 Å². The van der Waals surface area contributed by atoms with Gasteiger partial charge in [-0.2, -0.15) is 5.26 Å². The van der Waals surface area contributed by atoms with E-state index in [2.05, 4.69) is 18.3 Å². The van der Waals surface area contributed by atoms with Gasteiger partial charge in [0, 0.05) is 6.04 Å². The van der Waals surface area contributed by atoms with Gasteiger partial charge in [0.15, 0.2) is 0 Å². The van der Waals surface area contributed by atoms with Crippen molar-refractivity contribution in [1.82, 2.24) is 5.32 Å². The van der Waals surface area contributed by atoms with E-state index in [4.69, 9.17) is 4.74 Å². The lowest BCUT2D eigenvalue weighted by molar-refractivity contribution is -0.0290. The van der Waals surface area contributed by atoms with Crippen LogP contribution in [0.2, 0.25) is 0 Å². The smallest absolute Gasteiger partial charge is 0.127 e. The van der Waals surface area contributed by atoms with Crippen LogP contribution < -0.4 is 5.32 Å². The van der Waals surface area contributed by atoms with Crippen molar-refractivity contribution in [3.8, 4) is 6.07 Å². The predicted molar refractivity (Wildman–Crippen MR) is 72.2 cm³/mol. The molecule has 0 radical (unpaired) electrons. The molecule has 3 atom stereocenters. The Bertz CT molecular complexity index is 308. The van der Waals surface area contributed by atoms with Crippen LogP contribution in [0.25, 0.3) is 0 Å². The van der Waals surface area contributed by atoms with Crippen LogP contribution in [-0.2, 0) is 4.74 Å². The molecule has 0 aromatic heterocycles. The van der Waals surface area contributed by atoms with Gasteiger partial charge in [-0.25, -0.2) is 0 Å². The standard InChI is InChI=1S/C15H26N2O/c1-3-12-6-4-5-7-14(12)18-11-15(2,10-16)17-13-8-9-13/h12-14,17H,3-9,11H2,1-2H3. The van der Waals surface area contributed by atoms with Gasteiger partial charge >= 0.3 is 0 Å². The van der Waals surface area contributed by atoms with Gasteiger partial charge < -0.3 is 4.74 Å².